The molecule has 2 N–H and O–H groups in total. The van der Waals surface area contributed by atoms with Gasteiger partial charge < -0.3 is 15.0 Å². The molecule has 2 atom stereocenters. The lowest BCUT2D eigenvalue weighted by molar-refractivity contribution is 0.0677. The molecule has 34 heavy (non-hydrogen) atoms. The molecule has 0 radical (unpaired) electrons. The first-order chi connectivity index (χ1) is 16.2. The van der Waals surface area contributed by atoms with E-state index in [-0.39, 0.29) is 33.2 Å². The fourth-order valence-corrected chi connectivity index (χ4v) is 4.84. The number of nitrogens with zero attached hydrogens (tertiary/aromatic N) is 3. The number of carbonyl (C=O) groups excluding carboxylic acids is 1. The Bertz CT molecular complexity index is 1270. The maximum Gasteiger partial charge on any atom is 0.272 e. The maximum atomic E-state index is 14.7. The summed E-state index contributed by atoms with van der Waals surface area (Å²) >= 11 is 12.4. The van der Waals surface area contributed by atoms with Gasteiger partial charge in [0.1, 0.15) is 16.5 Å². The maximum absolute atomic E-state index is 14.7. The Balaban J connectivity index is 1.57. The minimum Gasteiger partial charge on any atom is -0.392 e. The minimum absolute atomic E-state index is 0.00632. The number of hydrogen-bond acceptors (Lipinski definition) is 4. The Morgan fingerprint density at radius 3 is 2.68 bits per heavy atom. The third-order valence-corrected chi connectivity index (χ3v) is 7.28. The second kappa shape index (κ2) is 10.1. The number of carbonyl (C=O) groups is 1. The number of amides is 1. The number of benzene rings is 1. The summed E-state index contributed by atoms with van der Waals surface area (Å²) in [6.07, 6.45) is 2.11. The monoisotopic (exact) mass is 508 g/mol. The van der Waals surface area contributed by atoms with Crippen LogP contribution in [0.1, 0.15) is 41.9 Å². The van der Waals surface area contributed by atoms with Gasteiger partial charge in [-0.15, -0.1) is 0 Å². The van der Waals surface area contributed by atoms with E-state index in [2.05, 4.69) is 9.88 Å². The van der Waals surface area contributed by atoms with E-state index >= 15 is 0 Å². The summed E-state index contributed by atoms with van der Waals surface area (Å²) in [5.74, 6) is -0.944. The van der Waals surface area contributed by atoms with Crippen molar-refractivity contribution in [3.63, 3.8) is 0 Å². The molecule has 0 saturated carbocycles. The molecular weight excluding hydrogens is 482 g/mol. The standard InChI is InChI=1S/C24H27Cl2FN4O3/c1-14(15(2)32)29-6-3-7-30(9-8-29)24(34)18-11-16(4-5-20(18)27)10-17-13-28-23(33)21-12-19(25)22(26)31(17)21/h4-5,11-15,32H,3,6-10H2,1-2H3,(H,28,33). The van der Waals surface area contributed by atoms with Crippen molar-refractivity contribution in [2.24, 2.45) is 0 Å². The number of aliphatic hydroxyl groups excluding tert-OH is 1. The van der Waals surface area contributed by atoms with Gasteiger partial charge in [0.25, 0.3) is 11.5 Å². The van der Waals surface area contributed by atoms with Gasteiger partial charge in [-0.2, -0.15) is 0 Å². The summed E-state index contributed by atoms with van der Waals surface area (Å²) in [5.41, 5.74) is 1.33. The van der Waals surface area contributed by atoms with Crippen LogP contribution in [0.2, 0.25) is 10.2 Å². The predicted octanol–water partition coefficient (Wildman–Crippen LogP) is 3.58. The van der Waals surface area contributed by atoms with Crippen LogP contribution in [0.25, 0.3) is 5.52 Å². The minimum atomic E-state index is -0.583. The number of aromatic amines is 1. The molecule has 10 heteroatoms. The van der Waals surface area contributed by atoms with Crippen molar-refractivity contribution in [3.05, 3.63) is 73.6 Å². The van der Waals surface area contributed by atoms with E-state index in [1.807, 2.05) is 6.92 Å². The molecule has 2 aromatic heterocycles. The van der Waals surface area contributed by atoms with Crippen LogP contribution in [0, 0.1) is 5.82 Å². The highest BCUT2D eigenvalue weighted by Crippen LogP contribution is 2.27. The van der Waals surface area contributed by atoms with Crippen LogP contribution in [0.4, 0.5) is 4.39 Å². The van der Waals surface area contributed by atoms with Crippen LogP contribution in [0.5, 0.6) is 0 Å². The van der Waals surface area contributed by atoms with Gasteiger partial charge in [0, 0.05) is 50.5 Å². The van der Waals surface area contributed by atoms with E-state index in [0.717, 1.165) is 13.0 Å². The molecule has 2 unspecified atom stereocenters. The summed E-state index contributed by atoms with van der Waals surface area (Å²) in [6, 6.07) is 5.92. The molecule has 1 aliphatic heterocycles. The van der Waals surface area contributed by atoms with Crippen molar-refractivity contribution >= 4 is 34.6 Å². The van der Waals surface area contributed by atoms with Gasteiger partial charge in [-0.05, 0) is 44.0 Å². The summed E-state index contributed by atoms with van der Waals surface area (Å²) in [6.45, 7) is 6.07. The predicted molar refractivity (Wildman–Crippen MR) is 130 cm³/mol. The van der Waals surface area contributed by atoms with Gasteiger partial charge in [-0.3, -0.25) is 18.9 Å². The zero-order chi connectivity index (χ0) is 24.6. The summed E-state index contributed by atoms with van der Waals surface area (Å²) < 4.78 is 16.3. The van der Waals surface area contributed by atoms with Crippen molar-refractivity contribution in [2.45, 2.75) is 38.8 Å². The zero-order valence-electron chi connectivity index (χ0n) is 19.0. The molecule has 1 amide bonds. The van der Waals surface area contributed by atoms with Gasteiger partial charge in [-0.1, -0.05) is 29.3 Å². The first kappa shape index (κ1) is 24.7. The van der Waals surface area contributed by atoms with E-state index in [9.17, 15) is 19.1 Å². The molecule has 3 heterocycles. The summed E-state index contributed by atoms with van der Waals surface area (Å²) in [7, 11) is 0. The van der Waals surface area contributed by atoms with Crippen molar-refractivity contribution in [3.8, 4) is 0 Å². The molecule has 1 fully saturated rings. The number of fused-ring (bicyclic) bond motifs is 1. The van der Waals surface area contributed by atoms with E-state index < -0.39 is 11.9 Å². The Hall–Kier alpha value is -2.39. The fraction of sp³-hybridized carbons (Fsp3) is 0.417. The molecule has 4 rings (SSSR count). The molecule has 1 aliphatic rings. The molecule has 1 saturated heterocycles. The van der Waals surface area contributed by atoms with E-state index in [1.165, 1.54) is 18.3 Å². The normalized spacial score (nSPS) is 17.1. The Morgan fingerprint density at radius 2 is 1.94 bits per heavy atom. The first-order valence-corrected chi connectivity index (χ1v) is 12.0. The Labute approximate surface area is 206 Å². The molecule has 7 nitrogen and oxygen atoms in total. The number of aliphatic hydroxyl groups is 1. The lowest BCUT2D eigenvalue weighted by Gasteiger charge is -2.29. The van der Waals surface area contributed by atoms with Crippen LogP contribution >= 0.6 is 23.2 Å². The molecule has 0 aliphatic carbocycles. The molecule has 0 bridgehead atoms. The van der Waals surface area contributed by atoms with Crippen molar-refractivity contribution in [1.29, 1.82) is 0 Å². The summed E-state index contributed by atoms with van der Waals surface area (Å²) in [5, 5.41) is 10.4. The molecule has 1 aromatic carbocycles. The van der Waals surface area contributed by atoms with Crippen LogP contribution in [-0.4, -0.2) is 68.5 Å². The third kappa shape index (κ3) is 4.86. The number of aromatic nitrogens is 2. The number of hydrogen-bond donors (Lipinski definition) is 2. The van der Waals surface area contributed by atoms with Crippen LogP contribution in [-0.2, 0) is 6.42 Å². The number of nitrogens with one attached hydrogen (secondary N) is 1. The van der Waals surface area contributed by atoms with E-state index in [1.54, 1.807) is 28.4 Å². The highest BCUT2D eigenvalue weighted by atomic mass is 35.5. The van der Waals surface area contributed by atoms with Gasteiger partial charge >= 0.3 is 0 Å². The van der Waals surface area contributed by atoms with Crippen molar-refractivity contribution in [2.75, 3.05) is 26.2 Å². The van der Waals surface area contributed by atoms with Gasteiger partial charge in [0.2, 0.25) is 0 Å². The largest absolute Gasteiger partial charge is 0.392 e. The summed E-state index contributed by atoms with van der Waals surface area (Å²) in [4.78, 5) is 31.8. The zero-order valence-corrected chi connectivity index (χ0v) is 20.5. The second-order valence-electron chi connectivity index (χ2n) is 8.77. The topological polar surface area (TPSA) is 81.0 Å². The van der Waals surface area contributed by atoms with Crippen molar-refractivity contribution in [1.82, 2.24) is 19.2 Å². The highest BCUT2D eigenvalue weighted by molar-refractivity contribution is 6.42. The number of halogens is 3. The number of H-pyrrole nitrogens is 1. The van der Waals surface area contributed by atoms with Crippen LogP contribution < -0.4 is 5.56 Å². The molecule has 182 valence electrons. The van der Waals surface area contributed by atoms with Crippen LogP contribution in [0.15, 0.2) is 35.3 Å². The van der Waals surface area contributed by atoms with E-state index in [4.69, 9.17) is 23.2 Å². The molecular formula is C24H27Cl2FN4O3. The highest BCUT2D eigenvalue weighted by Gasteiger charge is 2.26. The van der Waals surface area contributed by atoms with Gasteiger partial charge in [0.05, 0.1) is 16.7 Å². The molecule has 0 spiro atoms. The lowest BCUT2D eigenvalue weighted by atomic mass is 10.0. The fourth-order valence-electron chi connectivity index (χ4n) is 4.40. The van der Waals surface area contributed by atoms with Crippen molar-refractivity contribution < 1.29 is 14.3 Å². The SMILES string of the molecule is CC(O)C(C)N1CCCN(C(=O)c2cc(Cc3c[nH]c(=O)c4cc(Cl)c(Cl)n34)ccc2F)CC1. The van der Waals surface area contributed by atoms with Crippen LogP contribution in [0.3, 0.4) is 0 Å². The average molecular weight is 509 g/mol. The third-order valence-electron chi connectivity index (χ3n) is 6.53. The van der Waals surface area contributed by atoms with E-state index in [0.29, 0.717) is 42.8 Å². The smallest absolute Gasteiger partial charge is 0.272 e. The van der Waals surface area contributed by atoms with Gasteiger partial charge in [-0.25, -0.2) is 4.39 Å². The van der Waals surface area contributed by atoms with Gasteiger partial charge in [0.15, 0.2) is 0 Å². The quantitative estimate of drug-likeness (QED) is 0.551. The lowest BCUT2D eigenvalue weighted by Crippen LogP contribution is -2.43. The number of rotatable bonds is 5. The Morgan fingerprint density at radius 1 is 1.18 bits per heavy atom. The molecule has 3 aromatic rings. The first-order valence-electron chi connectivity index (χ1n) is 11.2. The Kier molecular flexibility index (Phi) is 7.33. The average Bonchev–Trinajstić information content (AvgIpc) is 2.98. The second-order valence-corrected chi connectivity index (χ2v) is 9.53.